The molecule has 0 fully saturated rings. The highest BCUT2D eigenvalue weighted by molar-refractivity contribution is 5.96. The van der Waals surface area contributed by atoms with Crippen molar-refractivity contribution in [3.05, 3.63) is 59.2 Å². The van der Waals surface area contributed by atoms with E-state index in [9.17, 15) is 9.59 Å². The summed E-state index contributed by atoms with van der Waals surface area (Å²) in [6, 6.07) is 11.3. The average Bonchev–Trinajstić information content (AvgIpc) is 2.41. The Balaban J connectivity index is 2.43. The molecule has 5 heteroatoms. The van der Waals surface area contributed by atoms with Crippen LogP contribution in [0.25, 0.3) is 0 Å². The molecule has 102 valence electrons. The zero-order valence-electron chi connectivity index (χ0n) is 10.8. The van der Waals surface area contributed by atoms with Crippen LogP contribution in [0.3, 0.4) is 0 Å². The summed E-state index contributed by atoms with van der Waals surface area (Å²) in [7, 11) is 0. The first-order chi connectivity index (χ1) is 9.50. The van der Waals surface area contributed by atoms with Gasteiger partial charge >= 0.3 is 11.9 Å². The predicted octanol–water partition coefficient (Wildman–Crippen LogP) is 3.14. The number of para-hydroxylation sites is 1. The van der Waals surface area contributed by atoms with Crippen molar-refractivity contribution in [2.45, 2.75) is 6.92 Å². The van der Waals surface area contributed by atoms with Crippen molar-refractivity contribution in [1.29, 1.82) is 0 Å². The molecule has 2 rings (SSSR count). The summed E-state index contributed by atoms with van der Waals surface area (Å²) in [5.41, 5.74) is 1.86. The van der Waals surface area contributed by atoms with Crippen LogP contribution in [0.5, 0.6) is 0 Å². The Bertz CT molecular complexity index is 679. The minimum absolute atomic E-state index is 0.132. The van der Waals surface area contributed by atoms with E-state index in [-0.39, 0.29) is 11.1 Å². The second-order valence-electron chi connectivity index (χ2n) is 4.26. The molecule has 2 aromatic rings. The van der Waals surface area contributed by atoms with E-state index in [2.05, 4.69) is 5.32 Å². The molecule has 0 heterocycles. The number of nitrogens with one attached hydrogen (secondary N) is 1. The van der Waals surface area contributed by atoms with Crippen molar-refractivity contribution in [2.24, 2.45) is 0 Å². The van der Waals surface area contributed by atoms with E-state index < -0.39 is 11.9 Å². The molecular formula is C15H13NO4. The topological polar surface area (TPSA) is 86.6 Å². The van der Waals surface area contributed by atoms with Crippen LogP contribution in [-0.2, 0) is 0 Å². The summed E-state index contributed by atoms with van der Waals surface area (Å²) in [6.07, 6.45) is 0. The lowest BCUT2D eigenvalue weighted by Crippen LogP contribution is -2.05. The molecule has 0 saturated heterocycles. The van der Waals surface area contributed by atoms with Crippen LogP contribution in [0, 0.1) is 6.92 Å². The van der Waals surface area contributed by atoms with Gasteiger partial charge in [0.2, 0.25) is 0 Å². The predicted molar refractivity (Wildman–Crippen MR) is 74.8 cm³/mol. The molecule has 0 radical (unpaired) electrons. The molecular weight excluding hydrogens is 258 g/mol. The third kappa shape index (κ3) is 2.61. The van der Waals surface area contributed by atoms with Gasteiger partial charge < -0.3 is 15.5 Å². The quantitative estimate of drug-likeness (QED) is 0.795. The Morgan fingerprint density at radius 2 is 1.40 bits per heavy atom. The van der Waals surface area contributed by atoms with Gasteiger partial charge in [-0.25, -0.2) is 9.59 Å². The molecule has 20 heavy (non-hydrogen) atoms. The largest absolute Gasteiger partial charge is 0.478 e. The summed E-state index contributed by atoms with van der Waals surface area (Å²) < 4.78 is 0. The zero-order valence-corrected chi connectivity index (χ0v) is 10.8. The van der Waals surface area contributed by atoms with Crippen molar-refractivity contribution in [2.75, 3.05) is 5.32 Å². The summed E-state index contributed by atoms with van der Waals surface area (Å²) in [6.45, 7) is 1.68. The van der Waals surface area contributed by atoms with E-state index in [1.807, 2.05) is 0 Å². The molecule has 0 atom stereocenters. The third-order valence-corrected chi connectivity index (χ3v) is 2.99. The van der Waals surface area contributed by atoms with E-state index in [1.54, 1.807) is 37.3 Å². The fourth-order valence-corrected chi connectivity index (χ4v) is 1.93. The van der Waals surface area contributed by atoms with E-state index in [0.717, 1.165) is 0 Å². The van der Waals surface area contributed by atoms with Crippen LogP contribution in [0.4, 0.5) is 11.4 Å². The highest BCUT2D eigenvalue weighted by Gasteiger charge is 2.13. The monoisotopic (exact) mass is 271 g/mol. The van der Waals surface area contributed by atoms with Crippen LogP contribution >= 0.6 is 0 Å². The van der Waals surface area contributed by atoms with Gasteiger partial charge in [-0.05, 0) is 36.8 Å². The Morgan fingerprint density at radius 3 is 2.05 bits per heavy atom. The lowest BCUT2D eigenvalue weighted by molar-refractivity contribution is 0.0686. The lowest BCUT2D eigenvalue weighted by Gasteiger charge is -2.13. The fraction of sp³-hybridized carbons (Fsp3) is 0.0667. The second-order valence-corrected chi connectivity index (χ2v) is 4.26. The van der Waals surface area contributed by atoms with Gasteiger partial charge in [0.25, 0.3) is 0 Å². The molecule has 0 aliphatic rings. The average molecular weight is 271 g/mol. The molecule has 0 spiro atoms. The molecule has 0 unspecified atom stereocenters. The Morgan fingerprint density at radius 1 is 0.850 bits per heavy atom. The number of aromatic carboxylic acids is 2. The number of anilines is 2. The minimum atomic E-state index is -1.04. The first-order valence-corrected chi connectivity index (χ1v) is 5.93. The first kappa shape index (κ1) is 13.6. The SMILES string of the molecule is Cc1c(Nc2ccccc2C(=O)O)cccc1C(=O)O. The summed E-state index contributed by atoms with van der Waals surface area (Å²) in [5.74, 6) is -2.06. The molecule has 0 aromatic heterocycles. The lowest BCUT2D eigenvalue weighted by atomic mass is 10.1. The maximum absolute atomic E-state index is 11.1. The third-order valence-electron chi connectivity index (χ3n) is 2.99. The van der Waals surface area contributed by atoms with Crippen molar-refractivity contribution in [3.63, 3.8) is 0 Å². The van der Waals surface area contributed by atoms with Crippen LogP contribution < -0.4 is 5.32 Å². The van der Waals surface area contributed by atoms with E-state index >= 15 is 0 Å². The molecule has 0 bridgehead atoms. The smallest absolute Gasteiger partial charge is 0.337 e. The van der Waals surface area contributed by atoms with Gasteiger partial charge in [0.15, 0.2) is 0 Å². The molecule has 0 saturated carbocycles. The van der Waals surface area contributed by atoms with E-state index in [1.165, 1.54) is 12.1 Å². The van der Waals surface area contributed by atoms with Crippen molar-refractivity contribution in [3.8, 4) is 0 Å². The number of carboxylic acids is 2. The molecule has 2 aromatic carbocycles. The Hall–Kier alpha value is -2.82. The highest BCUT2D eigenvalue weighted by atomic mass is 16.4. The van der Waals surface area contributed by atoms with E-state index in [4.69, 9.17) is 10.2 Å². The van der Waals surface area contributed by atoms with Crippen LogP contribution in [0.15, 0.2) is 42.5 Å². The van der Waals surface area contributed by atoms with Gasteiger partial charge in [-0.15, -0.1) is 0 Å². The van der Waals surface area contributed by atoms with Gasteiger partial charge in [-0.3, -0.25) is 0 Å². The molecule has 0 aliphatic carbocycles. The number of rotatable bonds is 4. The molecule has 3 N–H and O–H groups in total. The summed E-state index contributed by atoms with van der Waals surface area (Å²) in [4.78, 5) is 22.2. The number of hydrogen-bond acceptors (Lipinski definition) is 3. The van der Waals surface area contributed by atoms with Gasteiger partial charge in [-0.1, -0.05) is 18.2 Å². The van der Waals surface area contributed by atoms with E-state index in [0.29, 0.717) is 16.9 Å². The zero-order chi connectivity index (χ0) is 14.7. The summed E-state index contributed by atoms with van der Waals surface area (Å²) in [5, 5.41) is 21.2. The maximum Gasteiger partial charge on any atom is 0.337 e. The fourth-order valence-electron chi connectivity index (χ4n) is 1.93. The first-order valence-electron chi connectivity index (χ1n) is 5.93. The number of carbonyl (C=O) groups is 2. The number of carboxylic acid groups (broad SMARTS) is 2. The Kier molecular flexibility index (Phi) is 3.70. The maximum atomic E-state index is 11.1. The van der Waals surface area contributed by atoms with Crippen molar-refractivity contribution < 1.29 is 19.8 Å². The minimum Gasteiger partial charge on any atom is -0.478 e. The summed E-state index contributed by atoms with van der Waals surface area (Å²) >= 11 is 0. The van der Waals surface area contributed by atoms with Crippen LogP contribution in [0.2, 0.25) is 0 Å². The Labute approximate surface area is 115 Å². The molecule has 5 nitrogen and oxygen atoms in total. The normalized spacial score (nSPS) is 10.1. The van der Waals surface area contributed by atoms with Gasteiger partial charge in [0.05, 0.1) is 16.8 Å². The van der Waals surface area contributed by atoms with Gasteiger partial charge in [0, 0.05) is 5.69 Å². The standard InChI is InChI=1S/C15H13NO4/c1-9-10(14(17)18)6-4-8-12(9)16-13-7-3-2-5-11(13)15(19)20/h2-8,16H,1H3,(H,17,18)(H,19,20). The van der Waals surface area contributed by atoms with Crippen molar-refractivity contribution in [1.82, 2.24) is 0 Å². The molecule has 0 amide bonds. The number of benzene rings is 2. The number of hydrogen-bond donors (Lipinski definition) is 3. The van der Waals surface area contributed by atoms with Crippen molar-refractivity contribution >= 4 is 23.3 Å². The highest BCUT2D eigenvalue weighted by Crippen LogP contribution is 2.25. The second kappa shape index (κ2) is 5.44. The molecule has 0 aliphatic heterocycles. The van der Waals surface area contributed by atoms with Gasteiger partial charge in [-0.2, -0.15) is 0 Å². The van der Waals surface area contributed by atoms with Gasteiger partial charge in [0.1, 0.15) is 0 Å². The van der Waals surface area contributed by atoms with Crippen LogP contribution in [0.1, 0.15) is 26.3 Å². The van der Waals surface area contributed by atoms with Crippen LogP contribution in [-0.4, -0.2) is 22.2 Å².